The van der Waals surface area contributed by atoms with Crippen LogP contribution < -0.4 is 10.1 Å². The Morgan fingerprint density at radius 3 is 2.96 bits per heavy atom. The van der Waals surface area contributed by atoms with Crippen molar-refractivity contribution in [2.24, 2.45) is 0 Å². The van der Waals surface area contributed by atoms with Gasteiger partial charge in [0, 0.05) is 27.6 Å². The number of pyridine rings is 1. The summed E-state index contributed by atoms with van der Waals surface area (Å²) in [4.78, 5) is 17.2. The molecule has 0 saturated carbocycles. The molecule has 1 amide bonds. The quantitative estimate of drug-likeness (QED) is 0.722. The van der Waals surface area contributed by atoms with E-state index in [0.29, 0.717) is 17.1 Å². The summed E-state index contributed by atoms with van der Waals surface area (Å²) in [5, 5.41) is 5.59. The number of nitrogens with zero attached hydrogens (tertiary/aromatic N) is 1. The van der Waals surface area contributed by atoms with E-state index in [-0.39, 0.29) is 17.9 Å². The maximum atomic E-state index is 13.0. The van der Waals surface area contributed by atoms with E-state index in [1.807, 2.05) is 43.3 Å². The summed E-state index contributed by atoms with van der Waals surface area (Å²) in [6.45, 7) is 1.97. The van der Waals surface area contributed by atoms with Crippen LogP contribution in [0.4, 0.5) is 5.69 Å². The lowest BCUT2D eigenvalue weighted by molar-refractivity contribution is -0.118. The summed E-state index contributed by atoms with van der Waals surface area (Å²) in [5.74, 6) is 0.340. The number of carbonyl (C=O) groups excluding carboxylic acids is 1. The van der Waals surface area contributed by atoms with Crippen molar-refractivity contribution < 1.29 is 9.53 Å². The lowest BCUT2D eigenvalue weighted by Crippen LogP contribution is -2.30. The van der Waals surface area contributed by atoms with Crippen molar-refractivity contribution in [3.63, 3.8) is 0 Å². The second-order valence-electron chi connectivity index (χ2n) is 6.30. The highest BCUT2D eigenvalue weighted by Crippen LogP contribution is 2.38. The molecule has 1 N–H and O–H groups in total. The number of ether oxygens (including phenoxy) is 1. The number of amides is 1. The van der Waals surface area contributed by atoms with E-state index in [2.05, 4.69) is 10.3 Å². The maximum Gasteiger partial charge on any atom is 0.232 e. The molecule has 0 bridgehead atoms. The van der Waals surface area contributed by atoms with Crippen LogP contribution in [0.5, 0.6) is 5.75 Å². The first-order valence-electron chi connectivity index (χ1n) is 8.21. The van der Waals surface area contributed by atoms with Crippen LogP contribution in [0.3, 0.4) is 0 Å². The topological polar surface area (TPSA) is 51.2 Å². The van der Waals surface area contributed by atoms with Crippen LogP contribution in [-0.4, -0.2) is 17.0 Å². The predicted octanol–water partition coefficient (Wildman–Crippen LogP) is 4.78. The van der Waals surface area contributed by atoms with E-state index in [0.717, 1.165) is 22.1 Å². The van der Waals surface area contributed by atoms with Crippen molar-refractivity contribution in [2.75, 3.05) is 5.32 Å². The lowest BCUT2D eigenvalue weighted by Gasteiger charge is -2.30. The van der Waals surface area contributed by atoms with Gasteiger partial charge in [0.05, 0.1) is 23.9 Å². The third-order valence-electron chi connectivity index (χ3n) is 4.49. The molecule has 2 aromatic carbocycles. The third-order valence-corrected chi connectivity index (χ3v) is 4.72. The highest BCUT2D eigenvalue weighted by Gasteiger charge is 2.31. The van der Waals surface area contributed by atoms with Gasteiger partial charge in [0.25, 0.3) is 0 Å². The fraction of sp³-hybridized carbons (Fsp3) is 0.200. The summed E-state index contributed by atoms with van der Waals surface area (Å²) >= 11 is 6.12. The van der Waals surface area contributed by atoms with E-state index in [1.165, 1.54) is 0 Å². The van der Waals surface area contributed by atoms with Gasteiger partial charge in [-0.15, -0.1) is 0 Å². The number of benzene rings is 2. The first-order valence-corrected chi connectivity index (χ1v) is 8.59. The van der Waals surface area contributed by atoms with Crippen LogP contribution in [0.2, 0.25) is 5.02 Å². The van der Waals surface area contributed by atoms with Crippen molar-refractivity contribution in [2.45, 2.75) is 25.4 Å². The van der Waals surface area contributed by atoms with Crippen LogP contribution in [0.25, 0.3) is 10.8 Å². The van der Waals surface area contributed by atoms with Crippen LogP contribution in [0.15, 0.2) is 54.9 Å². The molecule has 0 spiro atoms. The average Bonchev–Trinajstić information content (AvgIpc) is 2.61. The Kier molecular flexibility index (Phi) is 4.06. The highest BCUT2D eigenvalue weighted by molar-refractivity contribution is 6.30. The molecule has 1 aliphatic rings. The van der Waals surface area contributed by atoms with E-state index in [4.69, 9.17) is 16.3 Å². The first-order chi connectivity index (χ1) is 12.1. The van der Waals surface area contributed by atoms with Crippen molar-refractivity contribution >= 4 is 34.0 Å². The predicted molar refractivity (Wildman–Crippen MR) is 99.3 cm³/mol. The molecule has 0 unspecified atom stereocenters. The number of fused-ring (bicyclic) bond motifs is 2. The molecule has 0 radical (unpaired) electrons. The van der Waals surface area contributed by atoms with Gasteiger partial charge in [-0.05, 0) is 31.5 Å². The Hall–Kier alpha value is -2.59. The molecular formula is C20H17ClN2O2. The normalized spacial score (nSPS) is 19.1. The molecule has 1 aromatic heterocycles. The molecule has 2 atom stereocenters. The molecule has 2 heterocycles. The van der Waals surface area contributed by atoms with Crippen LogP contribution in [-0.2, 0) is 4.79 Å². The maximum absolute atomic E-state index is 13.0. The largest absolute Gasteiger partial charge is 0.490 e. The Labute approximate surface area is 150 Å². The zero-order valence-electron chi connectivity index (χ0n) is 13.7. The van der Waals surface area contributed by atoms with Gasteiger partial charge in [-0.3, -0.25) is 9.78 Å². The standard InChI is InChI=1S/C20H17ClN2O2/c1-12-8-17(16-9-14(21)6-7-19(16)25-12)20(24)23-18-11-22-10-13-4-2-3-5-15(13)18/h2-7,9-12,17H,8H2,1H3,(H,23,24)/t12-,17-/m0/s1. The minimum Gasteiger partial charge on any atom is -0.490 e. The SMILES string of the molecule is C[C@H]1C[C@H](C(=O)Nc2cncc3ccccc23)c2cc(Cl)ccc2O1. The summed E-state index contributed by atoms with van der Waals surface area (Å²) < 4.78 is 5.84. The van der Waals surface area contributed by atoms with Gasteiger partial charge in [0.15, 0.2) is 0 Å². The van der Waals surface area contributed by atoms with E-state index in [1.54, 1.807) is 18.5 Å². The monoisotopic (exact) mass is 352 g/mol. The van der Waals surface area contributed by atoms with Crippen molar-refractivity contribution in [3.8, 4) is 5.75 Å². The number of hydrogen-bond acceptors (Lipinski definition) is 3. The van der Waals surface area contributed by atoms with Gasteiger partial charge in [-0.2, -0.15) is 0 Å². The molecule has 4 rings (SSSR count). The van der Waals surface area contributed by atoms with Crippen molar-refractivity contribution in [1.82, 2.24) is 4.98 Å². The van der Waals surface area contributed by atoms with Gasteiger partial charge in [-0.1, -0.05) is 35.9 Å². The first kappa shape index (κ1) is 15.9. The van der Waals surface area contributed by atoms with Gasteiger partial charge >= 0.3 is 0 Å². The minimum atomic E-state index is -0.309. The Morgan fingerprint density at radius 2 is 2.08 bits per heavy atom. The smallest absolute Gasteiger partial charge is 0.232 e. The number of aromatic nitrogens is 1. The Balaban J connectivity index is 1.68. The molecule has 3 aromatic rings. The summed E-state index contributed by atoms with van der Waals surface area (Å²) in [7, 11) is 0. The van der Waals surface area contributed by atoms with Gasteiger partial charge < -0.3 is 10.1 Å². The molecule has 1 aliphatic heterocycles. The lowest BCUT2D eigenvalue weighted by atomic mass is 9.89. The molecular weight excluding hydrogens is 336 g/mol. The summed E-state index contributed by atoms with van der Waals surface area (Å²) in [6, 6.07) is 13.3. The molecule has 0 saturated heterocycles. The zero-order chi connectivity index (χ0) is 17.4. The van der Waals surface area contributed by atoms with Crippen LogP contribution in [0, 0.1) is 0 Å². The van der Waals surface area contributed by atoms with E-state index in [9.17, 15) is 4.79 Å². The number of carbonyl (C=O) groups is 1. The van der Waals surface area contributed by atoms with Gasteiger partial charge in [0.2, 0.25) is 5.91 Å². The number of anilines is 1. The second kappa shape index (κ2) is 6.37. The summed E-state index contributed by atoms with van der Waals surface area (Å²) in [5.41, 5.74) is 1.54. The van der Waals surface area contributed by atoms with E-state index < -0.39 is 0 Å². The molecule has 5 heteroatoms. The van der Waals surface area contributed by atoms with Gasteiger partial charge in [-0.25, -0.2) is 0 Å². The molecule has 4 nitrogen and oxygen atoms in total. The van der Waals surface area contributed by atoms with Gasteiger partial charge in [0.1, 0.15) is 5.75 Å². The number of rotatable bonds is 2. The van der Waals surface area contributed by atoms with E-state index >= 15 is 0 Å². The molecule has 0 aliphatic carbocycles. The second-order valence-corrected chi connectivity index (χ2v) is 6.73. The molecule has 25 heavy (non-hydrogen) atoms. The minimum absolute atomic E-state index is 0.0323. The van der Waals surface area contributed by atoms with Crippen molar-refractivity contribution in [3.05, 3.63) is 65.4 Å². The fourth-order valence-electron chi connectivity index (χ4n) is 3.31. The van der Waals surface area contributed by atoms with Crippen LogP contribution in [0.1, 0.15) is 24.8 Å². The van der Waals surface area contributed by atoms with Crippen LogP contribution >= 0.6 is 11.6 Å². The summed E-state index contributed by atoms with van der Waals surface area (Å²) in [6.07, 6.45) is 4.05. The highest BCUT2D eigenvalue weighted by atomic mass is 35.5. The Morgan fingerprint density at radius 1 is 1.24 bits per heavy atom. The zero-order valence-corrected chi connectivity index (χ0v) is 14.5. The average molecular weight is 353 g/mol. The number of nitrogens with one attached hydrogen (secondary N) is 1. The fourth-order valence-corrected chi connectivity index (χ4v) is 3.49. The molecule has 0 fully saturated rings. The number of halogens is 1. The van der Waals surface area contributed by atoms with Crippen molar-refractivity contribution in [1.29, 1.82) is 0 Å². The number of hydrogen-bond donors (Lipinski definition) is 1. The third kappa shape index (κ3) is 3.05. The Bertz CT molecular complexity index is 952. The molecule has 126 valence electrons.